The van der Waals surface area contributed by atoms with Gasteiger partial charge < -0.3 is 4.74 Å². The fourth-order valence-electron chi connectivity index (χ4n) is 0.906. The molecule has 0 aromatic heterocycles. The zero-order valence-corrected chi connectivity index (χ0v) is 7.78. The molecule has 4 heteroatoms. The van der Waals surface area contributed by atoms with E-state index in [4.69, 9.17) is 15.3 Å². The van der Waals surface area contributed by atoms with Gasteiger partial charge in [0.05, 0.1) is 18.7 Å². The maximum absolute atomic E-state index is 11.1. The van der Waals surface area contributed by atoms with Crippen molar-refractivity contribution in [2.24, 2.45) is 11.8 Å². The van der Waals surface area contributed by atoms with Crippen molar-refractivity contribution in [2.75, 3.05) is 6.61 Å². The largest absolute Gasteiger partial charge is 0.465 e. The molecule has 0 N–H and O–H groups in total. The highest BCUT2D eigenvalue weighted by Crippen LogP contribution is 2.15. The van der Waals surface area contributed by atoms with Gasteiger partial charge in [0.25, 0.3) is 0 Å². The Morgan fingerprint density at radius 1 is 1.54 bits per heavy atom. The molecule has 0 bridgehead atoms. The second kappa shape index (κ2) is 6.02. The first-order chi connectivity index (χ1) is 6.17. The number of rotatable bonds is 4. The summed E-state index contributed by atoms with van der Waals surface area (Å²) in [5.41, 5.74) is 0. The van der Waals surface area contributed by atoms with Crippen LogP contribution in [0.3, 0.4) is 0 Å². The summed E-state index contributed by atoms with van der Waals surface area (Å²) in [7, 11) is 0. The molecule has 0 aliphatic heterocycles. The highest BCUT2D eigenvalue weighted by Gasteiger charge is 2.25. The standard InChI is InChI=1S/C9H12N2O2/c1-3-13-9(12)8(6-11)7(2)4-5-10/h7-8H,3-4H2,1-2H3. The lowest BCUT2D eigenvalue weighted by atomic mass is 9.93. The third-order valence-electron chi connectivity index (χ3n) is 1.66. The van der Waals surface area contributed by atoms with E-state index in [0.717, 1.165) is 0 Å². The van der Waals surface area contributed by atoms with Gasteiger partial charge in [-0.2, -0.15) is 10.5 Å². The lowest BCUT2D eigenvalue weighted by Gasteiger charge is -2.12. The summed E-state index contributed by atoms with van der Waals surface area (Å²) in [6.07, 6.45) is 0.192. The summed E-state index contributed by atoms with van der Waals surface area (Å²) in [5, 5.41) is 17.0. The van der Waals surface area contributed by atoms with Crippen LogP contribution in [-0.2, 0) is 9.53 Å². The smallest absolute Gasteiger partial charge is 0.323 e. The number of ether oxygens (including phenoxy) is 1. The van der Waals surface area contributed by atoms with Crippen molar-refractivity contribution < 1.29 is 9.53 Å². The Hall–Kier alpha value is -1.55. The van der Waals surface area contributed by atoms with Crippen LogP contribution >= 0.6 is 0 Å². The summed E-state index contributed by atoms with van der Waals surface area (Å²) in [6.45, 7) is 3.63. The molecular formula is C9H12N2O2. The maximum atomic E-state index is 11.1. The van der Waals surface area contributed by atoms with Crippen LogP contribution < -0.4 is 0 Å². The molecule has 0 aliphatic rings. The number of hydrogen-bond acceptors (Lipinski definition) is 4. The summed E-state index contributed by atoms with van der Waals surface area (Å²) in [6, 6.07) is 3.77. The molecule has 13 heavy (non-hydrogen) atoms. The van der Waals surface area contributed by atoms with Crippen LogP contribution in [0.5, 0.6) is 0 Å². The highest BCUT2D eigenvalue weighted by atomic mass is 16.5. The van der Waals surface area contributed by atoms with Crippen LogP contribution in [0.4, 0.5) is 0 Å². The van der Waals surface area contributed by atoms with E-state index in [9.17, 15) is 4.79 Å². The Morgan fingerprint density at radius 2 is 2.15 bits per heavy atom. The van der Waals surface area contributed by atoms with E-state index in [1.807, 2.05) is 12.1 Å². The van der Waals surface area contributed by atoms with Crippen molar-refractivity contribution in [3.63, 3.8) is 0 Å². The molecule has 0 saturated carbocycles. The fourth-order valence-corrected chi connectivity index (χ4v) is 0.906. The first-order valence-corrected chi connectivity index (χ1v) is 4.10. The monoisotopic (exact) mass is 180 g/mol. The van der Waals surface area contributed by atoms with Crippen LogP contribution in [0.15, 0.2) is 0 Å². The molecule has 4 nitrogen and oxygen atoms in total. The van der Waals surface area contributed by atoms with Crippen LogP contribution in [0.2, 0.25) is 0 Å². The second-order valence-electron chi connectivity index (χ2n) is 2.70. The minimum Gasteiger partial charge on any atom is -0.465 e. The minimum absolute atomic E-state index is 0.192. The van der Waals surface area contributed by atoms with Crippen molar-refractivity contribution in [3.05, 3.63) is 0 Å². The first-order valence-electron chi connectivity index (χ1n) is 4.10. The van der Waals surface area contributed by atoms with Gasteiger partial charge in [-0.1, -0.05) is 6.92 Å². The van der Waals surface area contributed by atoms with Crippen molar-refractivity contribution in [1.82, 2.24) is 0 Å². The number of hydrogen-bond donors (Lipinski definition) is 0. The molecule has 0 aromatic rings. The van der Waals surface area contributed by atoms with Crippen molar-refractivity contribution >= 4 is 5.97 Å². The van der Waals surface area contributed by atoms with Crippen molar-refractivity contribution in [1.29, 1.82) is 10.5 Å². The van der Waals surface area contributed by atoms with Gasteiger partial charge in [-0.25, -0.2) is 0 Å². The van der Waals surface area contributed by atoms with Gasteiger partial charge in [0.15, 0.2) is 0 Å². The fraction of sp³-hybridized carbons (Fsp3) is 0.667. The zero-order chi connectivity index (χ0) is 10.3. The van der Waals surface area contributed by atoms with Gasteiger partial charge >= 0.3 is 5.97 Å². The molecule has 0 spiro atoms. The molecule has 0 rings (SSSR count). The van der Waals surface area contributed by atoms with E-state index >= 15 is 0 Å². The third kappa shape index (κ3) is 3.57. The number of nitrogens with zero attached hydrogens (tertiary/aromatic N) is 2. The van der Waals surface area contributed by atoms with E-state index in [0.29, 0.717) is 0 Å². The minimum atomic E-state index is -0.820. The highest BCUT2D eigenvalue weighted by molar-refractivity contribution is 5.75. The molecule has 2 atom stereocenters. The van der Waals surface area contributed by atoms with E-state index < -0.39 is 11.9 Å². The van der Waals surface area contributed by atoms with Crippen molar-refractivity contribution in [3.8, 4) is 12.1 Å². The number of nitriles is 2. The first kappa shape index (κ1) is 11.4. The van der Waals surface area contributed by atoms with Crippen LogP contribution in [0.1, 0.15) is 20.3 Å². The summed E-state index contributed by atoms with van der Waals surface area (Å²) < 4.78 is 4.69. The topological polar surface area (TPSA) is 73.9 Å². The summed E-state index contributed by atoms with van der Waals surface area (Å²) in [5.74, 6) is -1.62. The lowest BCUT2D eigenvalue weighted by molar-refractivity contribution is -0.147. The Balaban J connectivity index is 4.27. The third-order valence-corrected chi connectivity index (χ3v) is 1.66. The van der Waals surface area contributed by atoms with Crippen molar-refractivity contribution in [2.45, 2.75) is 20.3 Å². The van der Waals surface area contributed by atoms with E-state index in [2.05, 4.69) is 0 Å². The van der Waals surface area contributed by atoms with Gasteiger partial charge in [0.2, 0.25) is 0 Å². The second-order valence-corrected chi connectivity index (χ2v) is 2.70. The number of carbonyl (C=O) groups excluding carboxylic acids is 1. The van der Waals surface area contributed by atoms with E-state index in [1.165, 1.54) is 0 Å². The molecule has 0 saturated heterocycles. The molecule has 2 unspecified atom stereocenters. The molecule has 0 aromatic carbocycles. The zero-order valence-electron chi connectivity index (χ0n) is 7.78. The average molecular weight is 180 g/mol. The SMILES string of the molecule is CCOC(=O)C(C#N)C(C)CC#N. The Morgan fingerprint density at radius 3 is 2.54 bits per heavy atom. The Kier molecular flexibility index (Phi) is 5.30. The van der Waals surface area contributed by atoms with Gasteiger partial charge in [0, 0.05) is 6.42 Å². The number of esters is 1. The lowest BCUT2D eigenvalue weighted by Crippen LogP contribution is -2.22. The number of carbonyl (C=O) groups is 1. The molecule has 0 radical (unpaired) electrons. The van der Waals surface area contributed by atoms with Gasteiger partial charge in [-0.05, 0) is 12.8 Å². The molecule has 0 aliphatic carbocycles. The summed E-state index contributed by atoms with van der Waals surface area (Å²) in [4.78, 5) is 11.1. The molecular weight excluding hydrogens is 168 g/mol. The van der Waals surface area contributed by atoms with Gasteiger partial charge in [-0.3, -0.25) is 4.79 Å². The predicted molar refractivity (Wildman–Crippen MR) is 45.1 cm³/mol. The van der Waals surface area contributed by atoms with Gasteiger partial charge in [0.1, 0.15) is 5.92 Å². The van der Waals surface area contributed by atoms with Crippen LogP contribution in [0, 0.1) is 34.5 Å². The molecule has 70 valence electrons. The molecule has 0 heterocycles. The van der Waals surface area contributed by atoms with Gasteiger partial charge in [-0.15, -0.1) is 0 Å². The van der Waals surface area contributed by atoms with Crippen LogP contribution in [0.25, 0.3) is 0 Å². The predicted octanol–water partition coefficient (Wildman–Crippen LogP) is 1.24. The molecule has 0 fully saturated rings. The van der Waals surface area contributed by atoms with E-state index in [-0.39, 0.29) is 18.9 Å². The normalized spacial score (nSPS) is 13.5. The Labute approximate surface area is 77.7 Å². The maximum Gasteiger partial charge on any atom is 0.323 e. The summed E-state index contributed by atoms with van der Waals surface area (Å²) >= 11 is 0. The quantitative estimate of drug-likeness (QED) is 0.610. The van der Waals surface area contributed by atoms with Crippen LogP contribution in [-0.4, -0.2) is 12.6 Å². The Bertz CT molecular complexity index is 249. The van der Waals surface area contributed by atoms with E-state index in [1.54, 1.807) is 13.8 Å². The molecule has 0 amide bonds. The average Bonchev–Trinajstić information content (AvgIpc) is 2.06.